The van der Waals surface area contributed by atoms with E-state index in [9.17, 15) is 0 Å². The summed E-state index contributed by atoms with van der Waals surface area (Å²) in [6, 6.07) is 6.84. The van der Waals surface area contributed by atoms with E-state index in [1.165, 1.54) is 36.8 Å². The third-order valence-electron chi connectivity index (χ3n) is 4.19. The van der Waals surface area contributed by atoms with Crippen molar-refractivity contribution in [2.75, 3.05) is 0 Å². The Hall–Kier alpha value is -0.530. The molecule has 0 spiro atoms. The van der Waals surface area contributed by atoms with Gasteiger partial charge in [0, 0.05) is 16.6 Å². The number of benzene rings is 1. The van der Waals surface area contributed by atoms with E-state index in [-0.39, 0.29) is 0 Å². The minimum atomic E-state index is 0.384. The first-order chi connectivity index (χ1) is 7.68. The van der Waals surface area contributed by atoms with Crippen molar-refractivity contribution in [3.63, 3.8) is 0 Å². The first kappa shape index (κ1) is 10.6. The van der Waals surface area contributed by atoms with Crippen molar-refractivity contribution in [3.8, 4) is 0 Å². The average Bonchev–Trinajstić information content (AvgIpc) is 2.61. The maximum Gasteiger partial charge on any atom is 0.0441 e. The van der Waals surface area contributed by atoms with Gasteiger partial charge in [0.05, 0.1) is 0 Å². The predicted octanol–water partition coefficient (Wildman–Crippen LogP) is 3.86. The van der Waals surface area contributed by atoms with Gasteiger partial charge in [-0.2, -0.15) is 0 Å². The topological polar surface area (TPSA) is 12.0 Å². The molecule has 16 heavy (non-hydrogen) atoms. The highest BCUT2D eigenvalue weighted by Gasteiger charge is 2.36. The standard InChI is InChI=1S/C14H18ClN/c1-14(8-3-9-14)16-13-7-6-10-11(13)4-2-5-12(10)15/h2,4-5,13,16H,3,6-9H2,1H3. The highest BCUT2D eigenvalue weighted by atomic mass is 35.5. The number of fused-ring (bicyclic) bond motifs is 1. The van der Waals surface area contributed by atoms with Crippen LogP contribution in [0.1, 0.15) is 49.8 Å². The predicted molar refractivity (Wildman–Crippen MR) is 67.9 cm³/mol. The molecular weight excluding hydrogens is 218 g/mol. The number of nitrogens with one attached hydrogen (secondary N) is 1. The zero-order valence-corrected chi connectivity index (χ0v) is 10.5. The Kier molecular flexibility index (Phi) is 2.49. The summed E-state index contributed by atoms with van der Waals surface area (Å²) >= 11 is 6.23. The summed E-state index contributed by atoms with van der Waals surface area (Å²) < 4.78 is 0. The van der Waals surface area contributed by atoms with E-state index in [2.05, 4.69) is 24.4 Å². The van der Waals surface area contributed by atoms with Crippen molar-refractivity contribution in [1.82, 2.24) is 5.32 Å². The highest BCUT2D eigenvalue weighted by Crippen LogP contribution is 2.40. The molecule has 3 rings (SSSR count). The van der Waals surface area contributed by atoms with Crippen molar-refractivity contribution < 1.29 is 0 Å². The second-order valence-electron chi connectivity index (χ2n) is 5.46. The van der Waals surface area contributed by atoms with Gasteiger partial charge in [-0.1, -0.05) is 23.7 Å². The van der Waals surface area contributed by atoms with Gasteiger partial charge < -0.3 is 5.32 Å². The molecule has 1 nitrogen and oxygen atoms in total. The van der Waals surface area contributed by atoms with Gasteiger partial charge in [-0.15, -0.1) is 0 Å². The summed E-state index contributed by atoms with van der Waals surface area (Å²) in [7, 11) is 0. The van der Waals surface area contributed by atoms with Gasteiger partial charge in [-0.25, -0.2) is 0 Å². The van der Waals surface area contributed by atoms with Crippen LogP contribution in [0.25, 0.3) is 0 Å². The quantitative estimate of drug-likeness (QED) is 0.821. The Morgan fingerprint density at radius 2 is 2.19 bits per heavy atom. The number of halogens is 1. The zero-order chi connectivity index (χ0) is 11.2. The van der Waals surface area contributed by atoms with Crippen molar-refractivity contribution >= 4 is 11.6 Å². The van der Waals surface area contributed by atoms with Gasteiger partial charge in [0.1, 0.15) is 0 Å². The number of rotatable bonds is 2. The van der Waals surface area contributed by atoms with E-state index in [4.69, 9.17) is 11.6 Å². The lowest BCUT2D eigenvalue weighted by Crippen LogP contribution is -2.49. The number of hydrogen-bond acceptors (Lipinski definition) is 1. The van der Waals surface area contributed by atoms with E-state index < -0.39 is 0 Å². The molecule has 2 aliphatic carbocycles. The molecule has 1 saturated carbocycles. The minimum absolute atomic E-state index is 0.384. The van der Waals surface area contributed by atoms with Gasteiger partial charge in [-0.05, 0) is 56.2 Å². The molecule has 1 unspecified atom stereocenters. The second kappa shape index (κ2) is 3.75. The zero-order valence-electron chi connectivity index (χ0n) is 9.72. The Balaban J connectivity index is 1.83. The average molecular weight is 236 g/mol. The van der Waals surface area contributed by atoms with Gasteiger partial charge in [0.15, 0.2) is 0 Å². The summed E-state index contributed by atoms with van der Waals surface area (Å²) in [6.45, 7) is 2.35. The van der Waals surface area contributed by atoms with Crippen molar-refractivity contribution in [3.05, 3.63) is 34.3 Å². The Bertz CT molecular complexity index is 409. The van der Waals surface area contributed by atoms with Crippen LogP contribution in [0.4, 0.5) is 0 Å². The summed E-state index contributed by atoms with van der Waals surface area (Å²) in [4.78, 5) is 0. The Labute approximate surface area is 102 Å². The lowest BCUT2D eigenvalue weighted by atomic mass is 9.78. The third kappa shape index (κ3) is 1.66. The number of hydrogen-bond donors (Lipinski definition) is 1. The molecule has 0 aliphatic heterocycles. The first-order valence-electron chi connectivity index (χ1n) is 6.23. The monoisotopic (exact) mass is 235 g/mol. The van der Waals surface area contributed by atoms with Crippen LogP contribution < -0.4 is 5.32 Å². The molecule has 0 amide bonds. The molecule has 86 valence electrons. The lowest BCUT2D eigenvalue weighted by molar-refractivity contribution is 0.185. The van der Waals surface area contributed by atoms with Gasteiger partial charge >= 0.3 is 0 Å². The Morgan fingerprint density at radius 1 is 1.38 bits per heavy atom. The molecule has 1 aromatic carbocycles. The SMILES string of the molecule is CC1(NC2CCc3c(Cl)cccc32)CCC1. The van der Waals surface area contributed by atoms with E-state index in [1.54, 1.807) is 0 Å². The van der Waals surface area contributed by atoms with Crippen molar-refractivity contribution in [2.24, 2.45) is 0 Å². The summed E-state index contributed by atoms with van der Waals surface area (Å²) in [6.07, 6.45) is 6.34. The second-order valence-corrected chi connectivity index (χ2v) is 5.86. The summed E-state index contributed by atoms with van der Waals surface area (Å²) in [5.41, 5.74) is 3.18. The molecule has 0 radical (unpaired) electrons. The van der Waals surface area contributed by atoms with Crippen LogP contribution in [-0.2, 0) is 6.42 Å². The molecule has 0 saturated heterocycles. The highest BCUT2D eigenvalue weighted by molar-refractivity contribution is 6.31. The molecule has 1 aromatic rings. The summed E-state index contributed by atoms with van der Waals surface area (Å²) in [5, 5.41) is 4.76. The molecule has 1 atom stereocenters. The van der Waals surface area contributed by atoms with Crippen LogP contribution in [-0.4, -0.2) is 5.54 Å². The minimum Gasteiger partial charge on any atom is -0.305 e. The molecular formula is C14H18ClN. The third-order valence-corrected chi connectivity index (χ3v) is 4.55. The molecule has 0 heterocycles. The lowest BCUT2D eigenvalue weighted by Gasteiger charge is -2.42. The van der Waals surface area contributed by atoms with Crippen LogP contribution in [0.5, 0.6) is 0 Å². The molecule has 1 fully saturated rings. The molecule has 1 N–H and O–H groups in total. The maximum absolute atomic E-state index is 6.23. The van der Waals surface area contributed by atoms with Crippen LogP contribution >= 0.6 is 11.6 Å². The van der Waals surface area contributed by atoms with Crippen LogP contribution in [0.2, 0.25) is 5.02 Å². The van der Waals surface area contributed by atoms with E-state index in [0.29, 0.717) is 11.6 Å². The van der Waals surface area contributed by atoms with Crippen molar-refractivity contribution in [2.45, 2.75) is 50.6 Å². The summed E-state index contributed by atoms with van der Waals surface area (Å²) in [5.74, 6) is 0. The fourth-order valence-electron chi connectivity index (χ4n) is 3.03. The molecule has 2 heteroatoms. The normalized spacial score (nSPS) is 26.2. The fraction of sp³-hybridized carbons (Fsp3) is 0.571. The Morgan fingerprint density at radius 3 is 2.88 bits per heavy atom. The molecule has 2 aliphatic rings. The van der Waals surface area contributed by atoms with Crippen LogP contribution in [0, 0.1) is 0 Å². The van der Waals surface area contributed by atoms with E-state index in [1.807, 2.05) is 6.07 Å². The fourth-order valence-corrected chi connectivity index (χ4v) is 3.31. The van der Waals surface area contributed by atoms with Gasteiger partial charge in [0.2, 0.25) is 0 Å². The molecule has 0 bridgehead atoms. The van der Waals surface area contributed by atoms with Gasteiger partial charge in [-0.3, -0.25) is 0 Å². The smallest absolute Gasteiger partial charge is 0.0441 e. The van der Waals surface area contributed by atoms with E-state index >= 15 is 0 Å². The first-order valence-corrected chi connectivity index (χ1v) is 6.61. The van der Waals surface area contributed by atoms with Crippen LogP contribution in [0.15, 0.2) is 18.2 Å². The maximum atomic E-state index is 6.23. The van der Waals surface area contributed by atoms with Gasteiger partial charge in [0.25, 0.3) is 0 Å². The largest absolute Gasteiger partial charge is 0.305 e. The van der Waals surface area contributed by atoms with Crippen molar-refractivity contribution in [1.29, 1.82) is 0 Å². The molecule has 0 aromatic heterocycles. The van der Waals surface area contributed by atoms with E-state index in [0.717, 1.165) is 11.4 Å². The van der Waals surface area contributed by atoms with Crippen LogP contribution in [0.3, 0.4) is 0 Å².